The van der Waals surface area contributed by atoms with E-state index in [0.717, 1.165) is 27.6 Å². The summed E-state index contributed by atoms with van der Waals surface area (Å²) in [5.74, 6) is -3.79. The second kappa shape index (κ2) is 7.51. The molecule has 0 aliphatic heterocycles. The first-order valence-electron chi connectivity index (χ1n) is 8.11. The number of carbonyl (C=O) groups excluding carboxylic acids is 2. The van der Waals surface area contributed by atoms with Crippen molar-refractivity contribution in [3.05, 3.63) is 75.0 Å². The molecular weight excluding hydrogens is 434 g/mol. The van der Waals surface area contributed by atoms with E-state index in [1.807, 2.05) is 13.8 Å². The number of nitrogens with two attached hydrogens (primary N) is 1. The van der Waals surface area contributed by atoms with Crippen LogP contribution < -0.4 is 11.1 Å². The molecular formula is C19H15BrF2N4O2. The zero-order chi connectivity index (χ0) is 20.6. The quantitative estimate of drug-likeness (QED) is 0.634. The van der Waals surface area contributed by atoms with E-state index < -0.39 is 29.0 Å². The summed E-state index contributed by atoms with van der Waals surface area (Å²) in [5, 5.41) is 6.72. The minimum Gasteiger partial charge on any atom is -0.366 e. The van der Waals surface area contributed by atoms with Crippen LogP contribution in [0.25, 0.3) is 5.69 Å². The third-order valence-electron chi connectivity index (χ3n) is 4.15. The van der Waals surface area contributed by atoms with Crippen molar-refractivity contribution in [3.63, 3.8) is 0 Å². The molecule has 0 unspecified atom stereocenters. The van der Waals surface area contributed by atoms with Crippen LogP contribution in [0.2, 0.25) is 0 Å². The SMILES string of the molecule is Cc1nn(-c2ccc(C(=O)Nc3cc(C(N)=O)c(F)cc3F)cc2)c(C)c1Br. The summed E-state index contributed by atoms with van der Waals surface area (Å²) < 4.78 is 30.1. The highest BCUT2D eigenvalue weighted by Gasteiger charge is 2.17. The van der Waals surface area contributed by atoms with Gasteiger partial charge >= 0.3 is 0 Å². The first-order valence-corrected chi connectivity index (χ1v) is 8.90. The third-order valence-corrected chi connectivity index (χ3v) is 5.30. The predicted molar refractivity (Wildman–Crippen MR) is 104 cm³/mol. The molecule has 3 aromatic rings. The molecule has 2 amide bonds. The van der Waals surface area contributed by atoms with E-state index in [9.17, 15) is 18.4 Å². The van der Waals surface area contributed by atoms with Crippen molar-refractivity contribution < 1.29 is 18.4 Å². The fraction of sp³-hybridized carbons (Fsp3) is 0.105. The molecule has 0 aliphatic carbocycles. The average Bonchev–Trinajstić information content (AvgIpc) is 2.91. The highest BCUT2D eigenvalue weighted by molar-refractivity contribution is 9.10. The van der Waals surface area contributed by atoms with Gasteiger partial charge in [-0.2, -0.15) is 5.10 Å². The molecule has 144 valence electrons. The summed E-state index contributed by atoms with van der Waals surface area (Å²) in [5.41, 5.74) is 6.91. The van der Waals surface area contributed by atoms with Crippen molar-refractivity contribution in [1.82, 2.24) is 9.78 Å². The molecule has 3 rings (SSSR count). The molecule has 2 aromatic carbocycles. The number of anilines is 1. The maximum atomic E-state index is 13.9. The Morgan fingerprint density at radius 3 is 2.29 bits per heavy atom. The summed E-state index contributed by atoms with van der Waals surface area (Å²) in [6.07, 6.45) is 0. The molecule has 0 aliphatic rings. The third kappa shape index (κ3) is 3.65. The number of hydrogen-bond acceptors (Lipinski definition) is 3. The molecule has 1 aromatic heterocycles. The van der Waals surface area contributed by atoms with Crippen LogP contribution in [0.1, 0.15) is 32.1 Å². The average molecular weight is 449 g/mol. The second-order valence-electron chi connectivity index (χ2n) is 6.07. The van der Waals surface area contributed by atoms with Gasteiger partial charge < -0.3 is 11.1 Å². The zero-order valence-electron chi connectivity index (χ0n) is 14.9. The first kappa shape index (κ1) is 19.7. The molecule has 0 fully saturated rings. The lowest BCUT2D eigenvalue weighted by atomic mass is 10.1. The molecule has 6 nitrogen and oxygen atoms in total. The standard InChI is InChI=1S/C19H15BrF2N4O2/c1-9-17(20)10(2)26(25-9)12-5-3-11(4-6-12)19(28)24-16-7-13(18(23)27)14(21)8-15(16)22/h3-8H,1-2H3,(H2,23,27)(H,24,28). The van der Waals surface area contributed by atoms with Gasteiger partial charge in [-0.3, -0.25) is 9.59 Å². The van der Waals surface area contributed by atoms with Crippen LogP contribution in [-0.4, -0.2) is 21.6 Å². The fourth-order valence-electron chi connectivity index (χ4n) is 2.66. The number of nitrogens with zero attached hydrogens (tertiary/aromatic N) is 2. The Morgan fingerprint density at radius 1 is 1.11 bits per heavy atom. The number of carbonyl (C=O) groups is 2. The van der Waals surface area contributed by atoms with Crippen LogP contribution in [-0.2, 0) is 0 Å². The topological polar surface area (TPSA) is 90.0 Å². The van der Waals surface area contributed by atoms with Gasteiger partial charge in [-0.15, -0.1) is 0 Å². The van der Waals surface area contributed by atoms with Crippen LogP contribution in [0.5, 0.6) is 0 Å². The summed E-state index contributed by atoms with van der Waals surface area (Å²) in [6, 6.07) is 7.84. The second-order valence-corrected chi connectivity index (χ2v) is 6.87. The lowest BCUT2D eigenvalue weighted by Crippen LogP contribution is -2.17. The summed E-state index contributed by atoms with van der Waals surface area (Å²) in [7, 11) is 0. The number of primary amides is 1. The van der Waals surface area contributed by atoms with E-state index >= 15 is 0 Å². The Kier molecular flexibility index (Phi) is 5.28. The van der Waals surface area contributed by atoms with Crippen molar-refractivity contribution in [2.45, 2.75) is 13.8 Å². The number of amides is 2. The van der Waals surface area contributed by atoms with Gasteiger partial charge in [-0.1, -0.05) is 0 Å². The van der Waals surface area contributed by atoms with E-state index in [0.29, 0.717) is 6.07 Å². The molecule has 0 bridgehead atoms. The molecule has 0 saturated carbocycles. The molecule has 28 heavy (non-hydrogen) atoms. The molecule has 0 atom stereocenters. The van der Waals surface area contributed by atoms with Crippen molar-refractivity contribution >= 4 is 33.4 Å². The van der Waals surface area contributed by atoms with Gasteiger partial charge in [0.25, 0.3) is 11.8 Å². The molecule has 3 N–H and O–H groups in total. The fourth-order valence-corrected chi connectivity index (χ4v) is 2.90. The Balaban J connectivity index is 1.85. The Labute approximate surface area is 167 Å². The smallest absolute Gasteiger partial charge is 0.255 e. The molecule has 0 saturated heterocycles. The number of aromatic nitrogens is 2. The van der Waals surface area contributed by atoms with E-state index in [1.54, 1.807) is 28.9 Å². The molecule has 0 radical (unpaired) electrons. The van der Waals surface area contributed by atoms with E-state index in [-0.39, 0.29) is 11.3 Å². The van der Waals surface area contributed by atoms with Crippen molar-refractivity contribution in [2.75, 3.05) is 5.32 Å². The Morgan fingerprint density at radius 2 is 1.75 bits per heavy atom. The van der Waals surface area contributed by atoms with Crippen molar-refractivity contribution in [1.29, 1.82) is 0 Å². The van der Waals surface area contributed by atoms with Crippen LogP contribution in [0.4, 0.5) is 14.5 Å². The predicted octanol–water partition coefficient (Wildman–Crippen LogP) is 3.88. The number of hydrogen-bond donors (Lipinski definition) is 2. The van der Waals surface area contributed by atoms with E-state index in [2.05, 4.69) is 26.3 Å². The van der Waals surface area contributed by atoms with Gasteiger partial charge in [-0.25, -0.2) is 13.5 Å². The van der Waals surface area contributed by atoms with Crippen molar-refractivity contribution in [3.8, 4) is 5.69 Å². The molecule has 9 heteroatoms. The number of rotatable bonds is 4. The van der Waals surface area contributed by atoms with Crippen LogP contribution in [0, 0.1) is 25.5 Å². The summed E-state index contributed by atoms with van der Waals surface area (Å²) in [4.78, 5) is 23.6. The Hall–Kier alpha value is -3.07. The maximum absolute atomic E-state index is 13.9. The highest BCUT2D eigenvalue weighted by Crippen LogP contribution is 2.24. The normalized spacial score (nSPS) is 10.8. The molecule has 0 spiro atoms. The van der Waals surface area contributed by atoms with E-state index in [1.165, 1.54) is 0 Å². The zero-order valence-corrected chi connectivity index (χ0v) is 16.5. The monoisotopic (exact) mass is 448 g/mol. The lowest BCUT2D eigenvalue weighted by molar-refractivity contribution is 0.0992. The van der Waals surface area contributed by atoms with Gasteiger partial charge in [0.15, 0.2) is 0 Å². The highest BCUT2D eigenvalue weighted by atomic mass is 79.9. The van der Waals surface area contributed by atoms with Crippen LogP contribution in [0.3, 0.4) is 0 Å². The van der Waals surface area contributed by atoms with Gasteiger partial charge in [0, 0.05) is 11.6 Å². The van der Waals surface area contributed by atoms with Gasteiger partial charge in [0.05, 0.1) is 32.8 Å². The lowest BCUT2D eigenvalue weighted by Gasteiger charge is -2.10. The minimum atomic E-state index is -1.09. The summed E-state index contributed by atoms with van der Waals surface area (Å²) >= 11 is 3.46. The van der Waals surface area contributed by atoms with E-state index in [4.69, 9.17) is 5.73 Å². The Bertz CT molecular complexity index is 1090. The minimum absolute atomic E-state index is 0.244. The number of benzene rings is 2. The van der Waals surface area contributed by atoms with Crippen molar-refractivity contribution in [2.24, 2.45) is 5.73 Å². The number of halogens is 3. The van der Waals surface area contributed by atoms with Gasteiger partial charge in [0.2, 0.25) is 0 Å². The van der Waals surface area contributed by atoms with Gasteiger partial charge in [-0.05, 0) is 60.1 Å². The number of nitrogens with one attached hydrogen (secondary N) is 1. The van der Waals surface area contributed by atoms with Crippen LogP contribution in [0.15, 0.2) is 40.9 Å². The van der Waals surface area contributed by atoms with Gasteiger partial charge in [0.1, 0.15) is 11.6 Å². The summed E-state index contributed by atoms with van der Waals surface area (Å²) in [6.45, 7) is 3.77. The number of aryl methyl sites for hydroxylation is 1. The molecule has 1 heterocycles. The maximum Gasteiger partial charge on any atom is 0.255 e. The van der Waals surface area contributed by atoms with Crippen LogP contribution >= 0.6 is 15.9 Å². The largest absolute Gasteiger partial charge is 0.366 e. The first-order chi connectivity index (χ1) is 13.2.